The van der Waals surface area contributed by atoms with Gasteiger partial charge >= 0.3 is 0 Å². The normalized spacial score (nSPS) is 20.7. The fraction of sp³-hybridized carbons (Fsp3) is 0.500. The predicted octanol–water partition coefficient (Wildman–Crippen LogP) is 5.40. The van der Waals surface area contributed by atoms with Crippen LogP contribution in [0.4, 0.5) is 8.78 Å². The van der Waals surface area contributed by atoms with Crippen LogP contribution in [-0.4, -0.2) is 28.1 Å². The second-order valence-electron chi connectivity index (χ2n) is 8.32. The molecule has 5 rings (SSSR count). The van der Waals surface area contributed by atoms with Crippen LogP contribution >= 0.6 is 0 Å². The molecular formula is C22H23F2N5. The van der Waals surface area contributed by atoms with Gasteiger partial charge in [0.25, 0.3) is 0 Å². The molecule has 0 bridgehead atoms. The molecule has 0 unspecified atom stereocenters. The molecule has 7 heteroatoms. The van der Waals surface area contributed by atoms with E-state index in [9.17, 15) is 8.78 Å². The van der Waals surface area contributed by atoms with E-state index in [-0.39, 0.29) is 18.8 Å². The molecule has 1 aliphatic heterocycles. The Bertz CT molecular complexity index is 1020. The number of pyridine rings is 2. The molecule has 0 spiro atoms. The number of nitrogens with zero attached hydrogens (tertiary/aromatic N) is 5. The first-order chi connectivity index (χ1) is 14.0. The van der Waals surface area contributed by atoms with Crippen LogP contribution in [0.15, 0.2) is 33.8 Å². The summed E-state index contributed by atoms with van der Waals surface area (Å²) in [7, 11) is 0. The summed E-state index contributed by atoms with van der Waals surface area (Å²) >= 11 is 0. The average Bonchev–Trinajstić information content (AvgIpc) is 3.10. The van der Waals surface area contributed by atoms with E-state index >= 15 is 0 Å². The molecule has 0 N–H and O–H groups in total. The van der Waals surface area contributed by atoms with Crippen LogP contribution in [0.3, 0.4) is 0 Å². The zero-order valence-electron chi connectivity index (χ0n) is 16.5. The first-order valence-corrected chi connectivity index (χ1v) is 10.3. The largest absolute Gasteiger partial charge is 0.262 e. The van der Waals surface area contributed by atoms with Gasteiger partial charge in [0.2, 0.25) is 5.92 Å². The molecule has 29 heavy (non-hydrogen) atoms. The van der Waals surface area contributed by atoms with E-state index in [0.717, 1.165) is 71.6 Å². The highest BCUT2D eigenvalue weighted by molar-refractivity contribution is 6.09. The van der Waals surface area contributed by atoms with Crippen molar-refractivity contribution in [2.24, 2.45) is 15.4 Å². The zero-order valence-corrected chi connectivity index (χ0v) is 16.5. The molecule has 0 aromatic carbocycles. The fourth-order valence-corrected chi connectivity index (χ4v) is 4.75. The highest BCUT2D eigenvalue weighted by Gasteiger charge is 2.48. The van der Waals surface area contributed by atoms with Crippen molar-refractivity contribution in [2.75, 3.05) is 6.54 Å². The van der Waals surface area contributed by atoms with Gasteiger partial charge in [-0.1, -0.05) is 6.42 Å². The maximum atomic E-state index is 13.8. The lowest BCUT2D eigenvalue weighted by molar-refractivity contribution is -0.0876. The lowest BCUT2D eigenvalue weighted by Gasteiger charge is -2.36. The van der Waals surface area contributed by atoms with E-state index in [4.69, 9.17) is 4.98 Å². The van der Waals surface area contributed by atoms with Crippen LogP contribution in [-0.2, 0) is 12.8 Å². The Balaban J connectivity index is 1.77. The molecule has 2 aromatic heterocycles. The molecule has 3 aliphatic rings. The van der Waals surface area contributed by atoms with Crippen molar-refractivity contribution in [3.63, 3.8) is 0 Å². The van der Waals surface area contributed by atoms with Gasteiger partial charge in [-0.2, -0.15) is 5.11 Å². The summed E-state index contributed by atoms with van der Waals surface area (Å²) in [4.78, 5) is 9.35. The summed E-state index contributed by atoms with van der Waals surface area (Å²) in [5, 5.41) is 12.1. The Morgan fingerprint density at radius 2 is 1.90 bits per heavy atom. The Morgan fingerprint density at radius 1 is 1.07 bits per heavy atom. The number of hydrogen-bond donors (Lipinski definition) is 0. The average molecular weight is 395 g/mol. The molecule has 0 amide bonds. The summed E-state index contributed by atoms with van der Waals surface area (Å²) in [5.41, 5.74) is 7.72. The number of rotatable bonds is 3. The minimum Gasteiger partial charge on any atom is -0.262 e. The molecular weight excluding hydrogens is 372 g/mol. The van der Waals surface area contributed by atoms with Crippen molar-refractivity contribution >= 4 is 5.71 Å². The monoisotopic (exact) mass is 395 g/mol. The van der Waals surface area contributed by atoms with Gasteiger partial charge in [0.15, 0.2) is 0 Å². The molecule has 2 aliphatic carbocycles. The van der Waals surface area contributed by atoms with Crippen LogP contribution in [0.25, 0.3) is 11.1 Å². The molecule has 0 radical (unpaired) electrons. The Hall–Kier alpha value is -2.57. The molecule has 150 valence electrons. The number of aryl methyl sites for hydroxylation is 2. The molecule has 2 aromatic rings. The van der Waals surface area contributed by atoms with E-state index in [0.29, 0.717) is 6.54 Å². The summed E-state index contributed by atoms with van der Waals surface area (Å²) in [6.07, 6.45) is 6.68. The fourth-order valence-electron chi connectivity index (χ4n) is 4.75. The Morgan fingerprint density at radius 3 is 2.62 bits per heavy atom. The first kappa shape index (κ1) is 18.5. The maximum Gasteiger partial charge on any atom is 0.249 e. The van der Waals surface area contributed by atoms with Gasteiger partial charge in [-0.05, 0) is 66.7 Å². The number of aromatic nitrogens is 2. The van der Waals surface area contributed by atoms with Gasteiger partial charge in [0.1, 0.15) is 6.54 Å². The minimum atomic E-state index is -2.60. The van der Waals surface area contributed by atoms with Crippen molar-refractivity contribution in [3.05, 3.63) is 46.5 Å². The van der Waals surface area contributed by atoms with Gasteiger partial charge in [-0.15, -0.1) is 5.10 Å². The molecule has 0 atom stereocenters. The number of fused-ring (bicyclic) bond motifs is 1. The van der Waals surface area contributed by atoms with Gasteiger partial charge < -0.3 is 0 Å². The summed E-state index contributed by atoms with van der Waals surface area (Å²) in [6.45, 7) is 2.34. The molecule has 5 nitrogen and oxygen atoms in total. The Labute approximate surface area is 168 Å². The molecule has 3 heterocycles. The number of alkyl halides is 2. The van der Waals surface area contributed by atoms with E-state index in [1.165, 1.54) is 5.56 Å². The van der Waals surface area contributed by atoms with Crippen molar-refractivity contribution in [3.8, 4) is 11.1 Å². The first-order valence-electron chi connectivity index (χ1n) is 10.3. The van der Waals surface area contributed by atoms with Gasteiger partial charge in [0, 0.05) is 41.9 Å². The predicted molar refractivity (Wildman–Crippen MR) is 107 cm³/mol. The molecule has 1 saturated carbocycles. The molecule has 1 fully saturated rings. The van der Waals surface area contributed by atoms with Gasteiger partial charge in [-0.25, -0.2) is 8.78 Å². The van der Waals surface area contributed by atoms with Crippen LogP contribution in [0.1, 0.15) is 66.2 Å². The van der Waals surface area contributed by atoms with Crippen LogP contribution in [0.5, 0.6) is 0 Å². The van der Waals surface area contributed by atoms with Crippen LogP contribution in [0, 0.1) is 6.92 Å². The SMILES string of the molecule is Cc1cc(-c2c3c(nc(C4CC(F)(F)C4)c2C2=NN=NC2)CCCCC3)ccn1. The lowest BCUT2D eigenvalue weighted by atomic mass is 9.75. The Kier molecular flexibility index (Phi) is 4.48. The van der Waals surface area contributed by atoms with Crippen molar-refractivity contribution < 1.29 is 8.78 Å². The van der Waals surface area contributed by atoms with Crippen molar-refractivity contribution in [2.45, 2.75) is 63.7 Å². The minimum absolute atomic E-state index is 0.151. The third-order valence-electron chi connectivity index (χ3n) is 6.15. The maximum absolute atomic E-state index is 13.8. The highest BCUT2D eigenvalue weighted by Crippen LogP contribution is 2.50. The summed E-state index contributed by atoms with van der Waals surface area (Å²) in [5.74, 6) is -2.85. The standard InChI is InChI=1S/C22H23F2N5/c1-13-9-14(7-8-25-13)19-16-5-3-2-4-6-17(16)27-21(15-10-22(23,24)11-15)20(19)18-12-26-29-28-18/h7-9,15H,2-6,10-12H2,1H3. The van der Waals surface area contributed by atoms with E-state index < -0.39 is 5.92 Å². The number of halogens is 2. The second-order valence-corrected chi connectivity index (χ2v) is 8.32. The second kappa shape index (κ2) is 7.04. The summed E-state index contributed by atoms with van der Waals surface area (Å²) in [6, 6.07) is 4.06. The quantitative estimate of drug-likeness (QED) is 0.653. The van der Waals surface area contributed by atoms with E-state index in [2.05, 4.69) is 26.5 Å². The highest BCUT2D eigenvalue weighted by atomic mass is 19.3. The third kappa shape index (κ3) is 3.36. The lowest BCUT2D eigenvalue weighted by Crippen LogP contribution is -2.35. The van der Waals surface area contributed by atoms with Gasteiger partial charge in [0.05, 0.1) is 11.4 Å². The molecule has 0 saturated heterocycles. The van der Waals surface area contributed by atoms with E-state index in [1.54, 1.807) is 6.20 Å². The van der Waals surface area contributed by atoms with Gasteiger partial charge in [-0.3, -0.25) is 9.97 Å². The zero-order chi connectivity index (χ0) is 20.0. The topological polar surface area (TPSA) is 62.9 Å². The van der Waals surface area contributed by atoms with E-state index in [1.807, 2.05) is 13.0 Å². The smallest absolute Gasteiger partial charge is 0.249 e. The summed E-state index contributed by atoms with van der Waals surface area (Å²) < 4.78 is 27.5. The third-order valence-corrected chi connectivity index (χ3v) is 6.15. The van der Waals surface area contributed by atoms with Crippen LogP contribution < -0.4 is 0 Å². The number of hydrogen-bond acceptors (Lipinski definition) is 5. The van der Waals surface area contributed by atoms with Crippen molar-refractivity contribution in [1.29, 1.82) is 0 Å². The van der Waals surface area contributed by atoms with Crippen LogP contribution in [0.2, 0.25) is 0 Å². The van der Waals surface area contributed by atoms with Crippen molar-refractivity contribution in [1.82, 2.24) is 9.97 Å².